The Balaban J connectivity index is 2.40. The van der Waals surface area contributed by atoms with E-state index in [4.69, 9.17) is 5.73 Å². The summed E-state index contributed by atoms with van der Waals surface area (Å²) in [6.45, 7) is 8.94. The van der Waals surface area contributed by atoms with Crippen molar-refractivity contribution in [1.82, 2.24) is 4.90 Å². The quantitative estimate of drug-likeness (QED) is 0.890. The maximum absolute atomic E-state index is 13.8. The van der Waals surface area contributed by atoms with Gasteiger partial charge in [-0.1, -0.05) is 0 Å². The van der Waals surface area contributed by atoms with Crippen molar-refractivity contribution in [2.24, 2.45) is 5.73 Å². The smallest absolute Gasteiger partial charge is 0.126 e. The number of halogens is 1. The van der Waals surface area contributed by atoms with Crippen LogP contribution in [0.1, 0.15) is 31.0 Å². The number of benzene rings is 1. The van der Waals surface area contributed by atoms with E-state index in [9.17, 15) is 4.39 Å². The summed E-state index contributed by atoms with van der Waals surface area (Å²) >= 11 is 0. The van der Waals surface area contributed by atoms with Crippen LogP contribution >= 0.6 is 0 Å². The zero-order chi connectivity index (χ0) is 14.2. The van der Waals surface area contributed by atoms with Crippen molar-refractivity contribution in [2.75, 3.05) is 31.6 Å². The van der Waals surface area contributed by atoms with Crippen molar-refractivity contribution in [3.63, 3.8) is 0 Å². The lowest BCUT2D eigenvalue weighted by Gasteiger charge is -2.41. The Morgan fingerprint density at radius 1 is 1.37 bits per heavy atom. The van der Waals surface area contributed by atoms with Gasteiger partial charge in [-0.3, -0.25) is 0 Å². The molecule has 0 bridgehead atoms. The van der Waals surface area contributed by atoms with E-state index in [0.717, 1.165) is 30.9 Å². The van der Waals surface area contributed by atoms with Crippen LogP contribution in [-0.4, -0.2) is 37.6 Å². The third-order valence-corrected chi connectivity index (χ3v) is 3.94. The van der Waals surface area contributed by atoms with Crippen LogP contribution in [0.4, 0.5) is 10.1 Å². The van der Waals surface area contributed by atoms with E-state index in [0.29, 0.717) is 11.6 Å². The summed E-state index contributed by atoms with van der Waals surface area (Å²) < 4.78 is 13.8. The molecule has 1 aromatic carbocycles. The normalized spacial score (nSPS) is 22.6. The van der Waals surface area contributed by atoms with Crippen molar-refractivity contribution in [2.45, 2.75) is 32.9 Å². The van der Waals surface area contributed by atoms with E-state index < -0.39 is 0 Å². The Hall–Kier alpha value is -1.13. The summed E-state index contributed by atoms with van der Waals surface area (Å²) in [6, 6.07) is 3.80. The molecule has 1 aliphatic rings. The number of anilines is 1. The molecule has 106 valence electrons. The van der Waals surface area contributed by atoms with E-state index in [2.05, 4.69) is 23.8 Å². The molecule has 0 saturated carbocycles. The van der Waals surface area contributed by atoms with E-state index >= 15 is 0 Å². The number of nitrogens with zero attached hydrogens (tertiary/aromatic N) is 2. The fourth-order valence-electron chi connectivity index (χ4n) is 2.79. The van der Waals surface area contributed by atoms with Gasteiger partial charge in [0.05, 0.1) is 0 Å². The molecule has 0 amide bonds. The van der Waals surface area contributed by atoms with Crippen molar-refractivity contribution < 1.29 is 4.39 Å². The fraction of sp³-hybridized carbons (Fsp3) is 0.600. The molecular weight excluding hydrogens is 241 g/mol. The van der Waals surface area contributed by atoms with Crippen LogP contribution < -0.4 is 10.6 Å². The molecular formula is C15H24FN3. The summed E-state index contributed by atoms with van der Waals surface area (Å²) in [5.41, 5.74) is 8.69. The molecule has 0 aromatic heterocycles. The molecule has 2 unspecified atom stereocenters. The molecule has 1 aliphatic heterocycles. The number of nitrogens with two attached hydrogens (primary N) is 1. The fourth-order valence-corrected chi connectivity index (χ4v) is 2.79. The zero-order valence-corrected chi connectivity index (χ0v) is 12.3. The second-order valence-corrected chi connectivity index (χ2v) is 5.75. The highest BCUT2D eigenvalue weighted by atomic mass is 19.1. The summed E-state index contributed by atoms with van der Waals surface area (Å²) in [6.07, 6.45) is 0. The van der Waals surface area contributed by atoms with Gasteiger partial charge < -0.3 is 15.5 Å². The monoisotopic (exact) mass is 265 g/mol. The first kappa shape index (κ1) is 14.3. The van der Waals surface area contributed by atoms with Gasteiger partial charge in [-0.25, -0.2) is 4.39 Å². The Morgan fingerprint density at radius 2 is 2.05 bits per heavy atom. The van der Waals surface area contributed by atoms with Crippen molar-refractivity contribution >= 4 is 5.69 Å². The SMILES string of the molecule is Cc1cc(N2CCN(C)CC2C)c(C(C)N)cc1F. The number of likely N-dealkylation sites (N-methyl/N-ethyl adjacent to an activating group) is 1. The lowest BCUT2D eigenvalue weighted by atomic mass is 10.0. The molecule has 4 heteroatoms. The van der Waals surface area contributed by atoms with Gasteiger partial charge in [-0.2, -0.15) is 0 Å². The first-order valence-corrected chi connectivity index (χ1v) is 6.91. The van der Waals surface area contributed by atoms with Gasteiger partial charge in [0.25, 0.3) is 0 Å². The molecule has 1 aromatic rings. The Morgan fingerprint density at radius 3 is 2.63 bits per heavy atom. The average Bonchev–Trinajstić information content (AvgIpc) is 2.32. The molecule has 0 radical (unpaired) electrons. The van der Waals surface area contributed by atoms with Crippen molar-refractivity contribution in [1.29, 1.82) is 0 Å². The minimum atomic E-state index is -0.169. The Kier molecular flexibility index (Phi) is 4.11. The number of rotatable bonds is 2. The van der Waals surface area contributed by atoms with Gasteiger partial charge >= 0.3 is 0 Å². The lowest BCUT2D eigenvalue weighted by Crippen LogP contribution is -2.51. The lowest BCUT2D eigenvalue weighted by molar-refractivity contribution is 0.275. The standard InChI is InChI=1S/C15H24FN3/c1-10-7-15(13(12(3)17)8-14(10)16)19-6-5-18(4)9-11(19)2/h7-8,11-12H,5-6,9,17H2,1-4H3. The maximum Gasteiger partial charge on any atom is 0.126 e. The summed E-state index contributed by atoms with van der Waals surface area (Å²) in [4.78, 5) is 4.67. The third-order valence-electron chi connectivity index (χ3n) is 3.94. The predicted octanol–water partition coefficient (Wildman–Crippen LogP) is 2.29. The first-order valence-electron chi connectivity index (χ1n) is 6.91. The molecule has 3 nitrogen and oxygen atoms in total. The minimum Gasteiger partial charge on any atom is -0.366 e. The molecule has 1 fully saturated rings. The largest absolute Gasteiger partial charge is 0.366 e. The van der Waals surface area contributed by atoms with Crippen LogP contribution in [0.3, 0.4) is 0 Å². The zero-order valence-electron chi connectivity index (χ0n) is 12.3. The van der Waals surface area contributed by atoms with Gasteiger partial charge in [0.1, 0.15) is 5.82 Å². The topological polar surface area (TPSA) is 32.5 Å². The van der Waals surface area contributed by atoms with E-state index in [-0.39, 0.29) is 11.9 Å². The van der Waals surface area contributed by atoms with Gasteiger partial charge in [-0.15, -0.1) is 0 Å². The average molecular weight is 265 g/mol. The number of hydrogen-bond acceptors (Lipinski definition) is 3. The second kappa shape index (κ2) is 5.47. The van der Waals surface area contributed by atoms with E-state index in [1.807, 2.05) is 19.9 Å². The molecule has 2 atom stereocenters. The number of piperazine rings is 1. The highest BCUT2D eigenvalue weighted by Crippen LogP contribution is 2.30. The van der Waals surface area contributed by atoms with Crippen molar-refractivity contribution in [3.05, 3.63) is 29.1 Å². The van der Waals surface area contributed by atoms with Gasteiger partial charge in [0.2, 0.25) is 0 Å². The molecule has 19 heavy (non-hydrogen) atoms. The molecule has 1 saturated heterocycles. The summed E-state index contributed by atoms with van der Waals surface area (Å²) in [5.74, 6) is -0.169. The highest BCUT2D eigenvalue weighted by Gasteiger charge is 2.25. The van der Waals surface area contributed by atoms with E-state index in [1.165, 1.54) is 0 Å². The number of hydrogen-bond donors (Lipinski definition) is 1. The maximum atomic E-state index is 13.8. The van der Waals surface area contributed by atoms with Gasteiger partial charge in [0.15, 0.2) is 0 Å². The van der Waals surface area contributed by atoms with Crippen LogP contribution in [0.25, 0.3) is 0 Å². The second-order valence-electron chi connectivity index (χ2n) is 5.75. The van der Waals surface area contributed by atoms with Gasteiger partial charge in [-0.05, 0) is 51.1 Å². The minimum absolute atomic E-state index is 0.156. The number of aryl methyl sites for hydroxylation is 1. The summed E-state index contributed by atoms with van der Waals surface area (Å²) in [5, 5.41) is 0. The Labute approximate surface area is 115 Å². The molecule has 0 aliphatic carbocycles. The Bertz CT molecular complexity index is 459. The van der Waals surface area contributed by atoms with Crippen LogP contribution in [0.15, 0.2) is 12.1 Å². The predicted molar refractivity (Wildman–Crippen MR) is 78.0 cm³/mol. The van der Waals surface area contributed by atoms with Gasteiger partial charge in [0, 0.05) is 37.4 Å². The molecule has 0 spiro atoms. The highest BCUT2D eigenvalue weighted by molar-refractivity contribution is 5.58. The molecule has 1 heterocycles. The third kappa shape index (κ3) is 2.90. The van der Waals surface area contributed by atoms with Crippen LogP contribution in [0.5, 0.6) is 0 Å². The van der Waals surface area contributed by atoms with Crippen LogP contribution in [0.2, 0.25) is 0 Å². The first-order chi connectivity index (χ1) is 8.90. The van der Waals surface area contributed by atoms with Crippen LogP contribution in [-0.2, 0) is 0 Å². The van der Waals surface area contributed by atoms with Crippen molar-refractivity contribution in [3.8, 4) is 0 Å². The summed E-state index contributed by atoms with van der Waals surface area (Å²) in [7, 11) is 2.14. The molecule has 2 N–H and O–H groups in total. The van der Waals surface area contributed by atoms with E-state index in [1.54, 1.807) is 6.07 Å². The van der Waals surface area contributed by atoms with Crippen LogP contribution in [0, 0.1) is 12.7 Å². The molecule has 2 rings (SSSR count).